The predicted molar refractivity (Wildman–Crippen MR) is 105 cm³/mol. The Balaban J connectivity index is 1.91. The number of carbonyl (C=O) groups is 2. The number of aliphatic hydroxyl groups excluding tert-OH is 1. The number of nitrogens with one attached hydrogen (secondary N) is 1. The Bertz CT molecular complexity index is 854. The highest BCUT2D eigenvalue weighted by molar-refractivity contribution is 6.10. The lowest BCUT2D eigenvalue weighted by Gasteiger charge is -2.07. The van der Waals surface area contributed by atoms with Gasteiger partial charge in [-0.3, -0.25) is 4.79 Å². The third kappa shape index (κ3) is 6.28. The van der Waals surface area contributed by atoms with Gasteiger partial charge in [-0.2, -0.15) is 5.10 Å². The van der Waals surface area contributed by atoms with E-state index in [0.717, 1.165) is 11.8 Å². The molecule has 0 radical (unpaired) electrons. The molecule has 0 aliphatic heterocycles. The van der Waals surface area contributed by atoms with Crippen molar-refractivity contribution >= 4 is 18.1 Å². The Hall–Kier alpha value is -3.61. The van der Waals surface area contributed by atoms with Crippen LogP contribution >= 0.6 is 0 Å². The van der Waals surface area contributed by atoms with Crippen LogP contribution in [0.5, 0.6) is 5.75 Å². The van der Waals surface area contributed by atoms with Crippen LogP contribution in [0.4, 0.5) is 0 Å². The number of hydrogen-bond acceptors (Lipinski definition) is 6. The van der Waals surface area contributed by atoms with E-state index < -0.39 is 11.9 Å². The van der Waals surface area contributed by atoms with E-state index in [-0.39, 0.29) is 17.9 Å². The van der Waals surface area contributed by atoms with Gasteiger partial charge in [-0.15, -0.1) is 0 Å². The quantitative estimate of drug-likeness (QED) is 0.240. The first-order chi connectivity index (χ1) is 13.5. The van der Waals surface area contributed by atoms with E-state index in [1.807, 2.05) is 30.3 Å². The summed E-state index contributed by atoms with van der Waals surface area (Å²) < 4.78 is 10.5. The largest absolute Gasteiger partial charge is 0.512 e. The molecule has 2 aromatic carbocycles. The number of allylic oxidation sites excluding steroid dienone is 1. The zero-order valence-electron chi connectivity index (χ0n) is 15.7. The molecular formula is C21H22N2O5. The van der Waals surface area contributed by atoms with Gasteiger partial charge in [0.15, 0.2) is 0 Å². The van der Waals surface area contributed by atoms with Crippen LogP contribution in [0.25, 0.3) is 0 Å². The molecule has 0 unspecified atom stereocenters. The first-order valence-corrected chi connectivity index (χ1v) is 8.68. The zero-order chi connectivity index (χ0) is 20.4. The van der Waals surface area contributed by atoms with Crippen molar-refractivity contribution in [3.05, 3.63) is 77.1 Å². The van der Waals surface area contributed by atoms with Crippen molar-refractivity contribution in [3.63, 3.8) is 0 Å². The van der Waals surface area contributed by atoms with Crippen LogP contribution < -0.4 is 10.2 Å². The average molecular weight is 382 g/mol. The van der Waals surface area contributed by atoms with Crippen molar-refractivity contribution < 1.29 is 24.2 Å². The molecule has 0 heterocycles. The summed E-state index contributed by atoms with van der Waals surface area (Å²) in [5, 5.41) is 13.2. The summed E-state index contributed by atoms with van der Waals surface area (Å²) in [5.74, 6) is -0.811. The molecule has 7 nitrogen and oxygen atoms in total. The lowest BCUT2D eigenvalue weighted by Crippen LogP contribution is -2.19. The van der Waals surface area contributed by atoms with Gasteiger partial charge < -0.3 is 14.6 Å². The van der Waals surface area contributed by atoms with Crippen LogP contribution in [-0.2, 0) is 16.1 Å². The number of hydrazone groups is 1. The van der Waals surface area contributed by atoms with E-state index in [4.69, 9.17) is 9.47 Å². The number of esters is 1. The van der Waals surface area contributed by atoms with Crippen molar-refractivity contribution in [2.45, 2.75) is 20.5 Å². The lowest BCUT2D eigenvalue weighted by molar-refractivity contribution is -0.138. The van der Waals surface area contributed by atoms with Crippen molar-refractivity contribution in [2.24, 2.45) is 5.10 Å². The number of aliphatic hydroxyl groups is 1. The summed E-state index contributed by atoms with van der Waals surface area (Å²) in [6.07, 6.45) is 1.04. The molecule has 1 amide bonds. The van der Waals surface area contributed by atoms with Gasteiger partial charge in [0.2, 0.25) is 0 Å². The Kier molecular flexibility index (Phi) is 7.77. The Morgan fingerprint density at radius 3 is 2.39 bits per heavy atom. The first-order valence-electron chi connectivity index (χ1n) is 8.68. The van der Waals surface area contributed by atoms with E-state index in [1.165, 1.54) is 6.92 Å². The van der Waals surface area contributed by atoms with Gasteiger partial charge in [-0.1, -0.05) is 30.3 Å². The fourth-order valence-electron chi connectivity index (χ4n) is 2.17. The summed E-state index contributed by atoms with van der Waals surface area (Å²) in [6, 6.07) is 16.3. The molecule has 0 bridgehead atoms. The number of ether oxygens (including phenoxy) is 2. The molecule has 146 valence electrons. The molecular weight excluding hydrogens is 360 g/mol. The second-order valence-electron chi connectivity index (χ2n) is 5.72. The maximum atomic E-state index is 12.1. The first kappa shape index (κ1) is 20.7. The van der Waals surface area contributed by atoms with E-state index >= 15 is 0 Å². The topological polar surface area (TPSA) is 97.2 Å². The summed E-state index contributed by atoms with van der Waals surface area (Å²) in [4.78, 5) is 23.8. The summed E-state index contributed by atoms with van der Waals surface area (Å²) in [5.41, 5.74) is 3.57. The molecule has 28 heavy (non-hydrogen) atoms. The highest BCUT2D eigenvalue weighted by Gasteiger charge is 2.12. The SMILES string of the molecule is CCOC(=O)C(/C=N\NC(=O)c1ccc(OCc2ccccc2)cc1)=C(/C)O. The highest BCUT2D eigenvalue weighted by atomic mass is 16.5. The fraction of sp³-hybridized carbons (Fsp3) is 0.190. The molecule has 0 aliphatic rings. The standard InChI is InChI=1S/C21H22N2O5/c1-3-27-21(26)19(15(2)24)13-22-23-20(25)17-9-11-18(12-10-17)28-14-16-7-5-4-6-8-16/h4-13,24H,3,14H2,1-2H3,(H,23,25)/b19-15-,22-13-. The molecule has 0 saturated carbocycles. The zero-order valence-corrected chi connectivity index (χ0v) is 15.7. The van der Waals surface area contributed by atoms with Crippen LogP contribution in [0.3, 0.4) is 0 Å². The van der Waals surface area contributed by atoms with Crippen molar-refractivity contribution in [1.29, 1.82) is 0 Å². The smallest absolute Gasteiger partial charge is 0.343 e. The third-order valence-electron chi connectivity index (χ3n) is 3.61. The second-order valence-corrected chi connectivity index (χ2v) is 5.72. The molecule has 0 spiro atoms. The molecule has 0 aromatic heterocycles. The van der Waals surface area contributed by atoms with Crippen molar-refractivity contribution in [3.8, 4) is 5.75 Å². The Morgan fingerprint density at radius 1 is 1.11 bits per heavy atom. The minimum atomic E-state index is -0.722. The molecule has 0 aliphatic carbocycles. The van der Waals surface area contributed by atoms with Gasteiger partial charge in [-0.05, 0) is 43.7 Å². The molecule has 0 atom stereocenters. The normalized spacial score (nSPS) is 11.6. The van der Waals surface area contributed by atoms with Gasteiger partial charge in [0.05, 0.1) is 12.8 Å². The lowest BCUT2D eigenvalue weighted by atomic mass is 10.2. The summed E-state index contributed by atoms with van der Waals surface area (Å²) in [6.45, 7) is 3.57. The third-order valence-corrected chi connectivity index (χ3v) is 3.61. The minimum Gasteiger partial charge on any atom is -0.512 e. The number of nitrogens with zero attached hydrogens (tertiary/aromatic N) is 1. The molecule has 2 aromatic rings. The Morgan fingerprint density at radius 2 is 1.79 bits per heavy atom. The predicted octanol–water partition coefficient (Wildman–Crippen LogP) is 3.38. The monoisotopic (exact) mass is 382 g/mol. The van der Waals surface area contributed by atoms with Gasteiger partial charge in [0.1, 0.15) is 23.7 Å². The fourth-order valence-corrected chi connectivity index (χ4v) is 2.17. The number of rotatable bonds is 8. The highest BCUT2D eigenvalue weighted by Crippen LogP contribution is 2.14. The summed E-state index contributed by atoms with van der Waals surface area (Å²) >= 11 is 0. The van der Waals surface area contributed by atoms with Crippen LogP contribution in [-0.4, -0.2) is 29.8 Å². The maximum absolute atomic E-state index is 12.1. The van der Waals surface area contributed by atoms with Gasteiger partial charge in [0.25, 0.3) is 5.91 Å². The number of benzene rings is 2. The van der Waals surface area contributed by atoms with Crippen molar-refractivity contribution in [2.75, 3.05) is 6.61 Å². The maximum Gasteiger partial charge on any atom is 0.343 e. The minimum absolute atomic E-state index is 0.133. The van der Waals surface area contributed by atoms with E-state index in [1.54, 1.807) is 31.2 Å². The molecule has 2 rings (SSSR count). The van der Waals surface area contributed by atoms with Gasteiger partial charge in [0, 0.05) is 5.56 Å². The van der Waals surface area contributed by atoms with Crippen molar-refractivity contribution in [1.82, 2.24) is 5.43 Å². The number of carbonyl (C=O) groups excluding carboxylic acids is 2. The van der Waals surface area contributed by atoms with Crippen LogP contribution in [0, 0.1) is 0 Å². The molecule has 2 N–H and O–H groups in total. The van der Waals surface area contributed by atoms with Gasteiger partial charge >= 0.3 is 5.97 Å². The van der Waals surface area contributed by atoms with Crippen LogP contribution in [0.2, 0.25) is 0 Å². The van der Waals surface area contributed by atoms with Crippen LogP contribution in [0.1, 0.15) is 29.8 Å². The molecule has 7 heteroatoms. The van der Waals surface area contributed by atoms with E-state index in [0.29, 0.717) is 17.9 Å². The average Bonchev–Trinajstić information content (AvgIpc) is 2.70. The summed E-state index contributed by atoms with van der Waals surface area (Å²) in [7, 11) is 0. The number of hydrogen-bond donors (Lipinski definition) is 2. The second kappa shape index (κ2) is 10.5. The Labute approximate surface area is 163 Å². The van der Waals surface area contributed by atoms with Gasteiger partial charge in [-0.25, -0.2) is 10.2 Å². The molecule has 0 saturated heterocycles. The van der Waals surface area contributed by atoms with Crippen LogP contribution in [0.15, 0.2) is 71.0 Å². The van der Waals surface area contributed by atoms with E-state index in [9.17, 15) is 14.7 Å². The van der Waals surface area contributed by atoms with E-state index in [2.05, 4.69) is 10.5 Å². The molecule has 0 fully saturated rings. The number of amides is 1.